The van der Waals surface area contributed by atoms with Crippen LogP contribution >= 0.6 is 23.1 Å². The van der Waals surface area contributed by atoms with Crippen molar-refractivity contribution in [3.63, 3.8) is 0 Å². The lowest BCUT2D eigenvalue weighted by Gasteiger charge is -2.02. The molecule has 2 aromatic rings. The van der Waals surface area contributed by atoms with Crippen molar-refractivity contribution in [1.29, 1.82) is 0 Å². The van der Waals surface area contributed by atoms with E-state index in [0.29, 0.717) is 5.92 Å². The van der Waals surface area contributed by atoms with Gasteiger partial charge in [0.05, 0.1) is 0 Å². The van der Waals surface area contributed by atoms with Crippen LogP contribution in [0, 0.1) is 5.82 Å². The Morgan fingerprint density at radius 2 is 2.05 bits per heavy atom. The first kappa shape index (κ1) is 13.8. The zero-order valence-electron chi connectivity index (χ0n) is 11.0. The van der Waals surface area contributed by atoms with Gasteiger partial charge in [0.25, 0.3) is 0 Å². The summed E-state index contributed by atoms with van der Waals surface area (Å²) in [6.07, 6.45) is 3.58. The van der Waals surface area contributed by atoms with Crippen molar-refractivity contribution in [1.82, 2.24) is 10.2 Å². The minimum Gasteiger partial charge on any atom is -0.360 e. The van der Waals surface area contributed by atoms with Gasteiger partial charge in [-0.3, -0.25) is 0 Å². The first-order valence-electron chi connectivity index (χ1n) is 6.77. The van der Waals surface area contributed by atoms with Crippen LogP contribution in [0.5, 0.6) is 0 Å². The van der Waals surface area contributed by atoms with Crippen LogP contribution < -0.4 is 5.32 Å². The highest BCUT2D eigenvalue weighted by Gasteiger charge is 2.27. The quantitative estimate of drug-likeness (QED) is 0.616. The number of halogens is 1. The Bertz CT molecular complexity index is 552. The van der Waals surface area contributed by atoms with Gasteiger partial charge in [-0.25, -0.2) is 4.39 Å². The van der Waals surface area contributed by atoms with Crippen LogP contribution in [0.2, 0.25) is 0 Å². The average Bonchev–Trinajstić information content (AvgIpc) is 3.20. The Labute approximate surface area is 126 Å². The maximum atomic E-state index is 12.7. The molecule has 3 nitrogen and oxygen atoms in total. The van der Waals surface area contributed by atoms with Crippen LogP contribution in [0.3, 0.4) is 0 Å². The highest BCUT2D eigenvalue weighted by molar-refractivity contribution is 7.99. The van der Waals surface area contributed by atoms with Gasteiger partial charge < -0.3 is 5.32 Å². The summed E-state index contributed by atoms with van der Waals surface area (Å²) in [5.41, 5.74) is 0. The molecule has 0 aliphatic heterocycles. The summed E-state index contributed by atoms with van der Waals surface area (Å²) in [6.45, 7) is 0.896. The molecular formula is C14H16FN3S2. The second-order valence-corrected chi connectivity index (χ2v) is 6.98. The van der Waals surface area contributed by atoms with Crippen molar-refractivity contribution in [2.24, 2.45) is 0 Å². The van der Waals surface area contributed by atoms with Gasteiger partial charge in [0.1, 0.15) is 10.8 Å². The Hall–Kier alpha value is -1.14. The summed E-state index contributed by atoms with van der Waals surface area (Å²) >= 11 is 3.42. The Morgan fingerprint density at radius 3 is 2.80 bits per heavy atom. The molecule has 1 fully saturated rings. The highest BCUT2D eigenvalue weighted by atomic mass is 32.2. The highest BCUT2D eigenvalue weighted by Crippen LogP contribution is 2.41. The molecule has 1 N–H and O–H groups in total. The van der Waals surface area contributed by atoms with Crippen LogP contribution in [0.15, 0.2) is 29.2 Å². The summed E-state index contributed by atoms with van der Waals surface area (Å²) in [4.78, 5) is 1.11. The summed E-state index contributed by atoms with van der Waals surface area (Å²) in [6, 6.07) is 6.64. The molecule has 1 heterocycles. The van der Waals surface area contributed by atoms with Gasteiger partial charge in [-0.1, -0.05) is 11.3 Å². The second kappa shape index (κ2) is 6.54. The molecule has 0 amide bonds. The van der Waals surface area contributed by atoms with Gasteiger partial charge in [-0.05, 0) is 49.3 Å². The Morgan fingerprint density at radius 1 is 1.25 bits per heavy atom. The fraction of sp³-hybridized carbons (Fsp3) is 0.429. The average molecular weight is 309 g/mol. The van der Waals surface area contributed by atoms with E-state index in [1.165, 1.54) is 30.0 Å². The van der Waals surface area contributed by atoms with E-state index in [1.54, 1.807) is 23.1 Å². The summed E-state index contributed by atoms with van der Waals surface area (Å²) in [7, 11) is 0. The molecule has 6 heteroatoms. The molecule has 0 radical (unpaired) electrons. The van der Waals surface area contributed by atoms with Crippen LogP contribution in [-0.2, 0) is 0 Å². The molecule has 0 spiro atoms. The number of thioether (sulfide) groups is 1. The third kappa shape index (κ3) is 3.93. The molecule has 0 unspecified atom stereocenters. The monoisotopic (exact) mass is 309 g/mol. The molecule has 0 bridgehead atoms. The Kier molecular flexibility index (Phi) is 4.52. The van der Waals surface area contributed by atoms with Gasteiger partial charge in [0.2, 0.25) is 5.13 Å². The zero-order chi connectivity index (χ0) is 13.8. The van der Waals surface area contributed by atoms with E-state index in [1.807, 2.05) is 12.1 Å². The molecule has 3 rings (SSSR count). The van der Waals surface area contributed by atoms with E-state index >= 15 is 0 Å². The molecule has 1 saturated carbocycles. The minimum atomic E-state index is -0.182. The molecule has 1 aromatic heterocycles. The van der Waals surface area contributed by atoms with Crippen LogP contribution in [0.4, 0.5) is 9.52 Å². The topological polar surface area (TPSA) is 37.8 Å². The normalized spacial score (nSPS) is 14.4. The van der Waals surface area contributed by atoms with E-state index in [9.17, 15) is 4.39 Å². The minimum absolute atomic E-state index is 0.182. The molecule has 1 aromatic carbocycles. The van der Waals surface area contributed by atoms with Gasteiger partial charge in [-0.2, -0.15) is 0 Å². The Balaban J connectivity index is 1.34. The van der Waals surface area contributed by atoms with Gasteiger partial charge in [0, 0.05) is 17.4 Å². The van der Waals surface area contributed by atoms with Gasteiger partial charge >= 0.3 is 0 Å². The molecule has 1 aliphatic carbocycles. The van der Waals surface area contributed by atoms with E-state index in [0.717, 1.165) is 28.7 Å². The molecule has 1 aliphatic rings. The number of hydrogen-bond donors (Lipinski definition) is 1. The molecule has 106 valence electrons. The van der Waals surface area contributed by atoms with E-state index in [-0.39, 0.29) is 5.82 Å². The fourth-order valence-corrected chi connectivity index (χ4v) is 3.58. The predicted octanol–water partition coefficient (Wildman–Crippen LogP) is 4.15. The van der Waals surface area contributed by atoms with Crippen molar-refractivity contribution in [2.45, 2.75) is 30.1 Å². The van der Waals surface area contributed by atoms with Crippen molar-refractivity contribution in [3.8, 4) is 0 Å². The third-order valence-electron chi connectivity index (χ3n) is 3.05. The standard InChI is InChI=1S/C14H16FN3S2/c15-11-4-6-12(7-5-11)19-9-1-8-16-14-18-17-13(20-14)10-2-3-10/h4-7,10H,1-3,8-9H2,(H,16,18). The first-order valence-corrected chi connectivity index (χ1v) is 8.57. The lowest BCUT2D eigenvalue weighted by atomic mass is 10.4. The van der Waals surface area contributed by atoms with Gasteiger partial charge in [0.15, 0.2) is 0 Å². The number of hydrogen-bond acceptors (Lipinski definition) is 5. The SMILES string of the molecule is Fc1ccc(SCCCNc2nnc(C3CC3)s2)cc1. The summed E-state index contributed by atoms with van der Waals surface area (Å²) in [5, 5.41) is 13.8. The van der Waals surface area contributed by atoms with Gasteiger partial charge in [-0.15, -0.1) is 22.0 Å². The van der Waals surface area contributed by atoms with E-state index in [4.69, 9.17) is 0 Å². The third-order valence-corrected chi connectivity index (χ3v) is 5.19. The van der Waals surface area contributed by atoms with Crippen molar-refractivity contribution in [2.75, 3.05) is 17.6 Å². The summed E-state index contributed by atoms with van der Waals surface area (Å²) < 4.78 is 12.7. The predicted molar refractivity (Wildman–Crippen MR) is 82.1 cm³/mol. The number of anilines is 1. The van der Waals surface area contributed by atoms with Crippen LogP contribution in [-0.4, -0.2) is 22.5 Å². The molecule has 0 atom stereocenters. The molecular weight excluding hydrogens is 293 g/mol. The first-order chi connectivity index (χ1) is 9.81. The molecule has 20 heavy (non-hydrogen) atoms. The van der Waals surface area contributed by atoms with E-state index in [2.05, 4.69) is 15.5 Å². The maximum absolute atomic E-state index is 12.7. The number of benzene rings is 1. The number of rotatable bonds is 7. The van der Waals surface area contributed by atoms with Crippen LogP contribution in [0.1, 0.15) is 30.2 Å². The largest absolute Gasteiger partial charge is 0.360 e. The second-order valence-electron chi connectivity index (χ2n) is 4.80. The smallest absolute Gasteiger partial charge is 0.205 e. The fourth-order valence-electron chi connectivity index (χ4n) is 1.79. The van der Waals surface area contributed by atoms with Crippen molar-refractivity contribution >= 4 is 28.2 Å². The molecule has 0 saturated heterocycles. The number of aromatic nitrogens is 2. The number of nitrogens with zero attached hydrogens (tertiary/aromatic N) is 2. The maximum Gasteiger partial charge on any atom is 0.205 e. The lowest BCUT2D eigenvalue weighted by Crippen LogP contribution is -2.02. The zero-order valence-corrected chi connectivity index (χ0v) is 12.6. The lowest BCUT2D eigenvalue weighted by molar-refractivity contribution is 0.626. The van der Waals surface area contributed by atoms with Crippen molar-refractivity contribution in [3.05, 3.63) is 35.1 Å². The van der Waals surface area contributed by atoms with Crippen LogP contribution in [0.25, 0.3) is 0 Å². The number of nitrogens with one attached hydrogen (secondary N) is 1. The summed E-state index contributed by atoms with van der Waals surface area (Å²) in [5.74, 6) is 1.50. The van der Waals surface area contributed by atoms with Crippen molar-refractivity contribution < 1.29 is 4.39 Å². The van der Waals surface area contributed by atoms with E-state index < -0.39 is 0 Å².